The summed E-state index contributed by atoms with van der Waals surface area (Å²) in [6.07, 6.45) is 4.61. The van der Waals surface area contributed by atoms with E-state index >= 15 is 0 Å². The fourth-order valence-corrected chi connectivity index (χ4v) is 4.15. The molecule has 28 heavy (non-hydrogen) atoms. The second kappa shape index (κ2) is 9.64. The second-order valence-electron chi connectivity index (χ2n) is 6.65. The highest BCUT2D eigenvalue weighted by Gasteiger charge is 2.22. The molecule has 0 unspecified atom stereocenters. The van der Waals surface area contributed by atoms with E-state index in [-0.39, 0.29) is 11.9 Å². The maximum Gasteiger partial charge on any atom is 0.220 e. The van der Waals surface area contributed by atoms with E-state index in [1.54, 1.807) is 32.7 Å². The van der Waals surface area contributed by atoms with Gasteiger partial charge in [-0.3, -0.25) is 4.79 Å². The van der Waals surface area contributed by atoms with E-state index in [0.29, 0.717) is 30.1 Å². The summed E-state index contributed by atoms with van der Waals surface area (Å²) in [5, 5.41) is 6.21. The van der Waals surface area contributed by atoms with E-state index in [9.17, 15) is 4.79 Å². The van der Waals surface area contributed by atoms with Crippen LogP contribution in [-0.2, 0) is 11.2 Å². The fraction of sp³-hybridized carbons (Fsp3) is 0.500. The van der Waals surface area contributed by atoms with Gasteiger partial charge in [-0.1, -0.05) is 0 Å². The molecule has 1 fully saturated rings. The molecule has 8 heteroatoms. The number of methoxy groups -OCH3 is 3. The van der Waals surface area contributed by atoms with Gasteiger partial charge in [-0.05, 0) is 19.3 Å². The first kappa shape index (κ1) is 20.3. The number of rotatable bonds is 8. The average Bonchev–Trinajstić information content (AvgIpc) is 3.27. The van der Waals surface area contributed by atoms with E-state index in [4.69, 9.17) is 14.2 Å². The summed E-state index contributed by atoms with van der Waals surface area (Å²) < 4.78 is 16.2. The lowest BCUT2D eigenvalue weighted by Gasteiger charge is -2.32. The van der Waals surface area contributed by atoms with E-state index in [0.717, 1.165) is 36.6 Å². The van der Waals surface area contributed by atoms with Crippen molar-refractivity contribution in [1.82, 2.24) is 10.3 Å². The Morgan fingerprint density at radius 3 is 2.39 bits per heavy atom. The maximum absolute atomic E-state index is 12.5. The number of benzene rings is 1. The van der Waals surface area contributed by atoms with Crippen LogP contribution in [0.5, 0.6) is 17.2 Å². The van der Waals surface area contributed by atoms with Gasteiger partial charge >= 0.3 is 0 Å². The number of thiazole rings is 1. The molecular weight excluding hydrogens is 378 g/mol. The quantitative estimate of drug-likeness (QED) is 0.728. The molecule has 1 aliphatic rings. The highest BCUT2D eigenvalue weighted by atomic mass is 32.1. The van der Waals surface area contributed by atoms with Crippen molar-refractivity contribution in [1.29, 1.82) is 0 Å². The number of piperidine rings is 1. The summed E-state index contributed by atoms with van der Waals surface area (Å²) in [6, 6.07) is 3.83. The molecule has 3 rings (SSSR count). The number of amides is 1. The SMILES string of the molecule is COc1cc(OC)c(CCC(=O)NC2CCN(c3nccs3)CC2)c(OC)c1. The molecule has 0 saturated carbocycles. The molecule has 2 aromatic rings. The Hall–Kier alpha value is -2.48. The zero-order chi connectivity index (χ0) is 19.9. The first-order chi connectivity index (χ1) is 13.6. The van der Waals surface area contributed by atoms with Crippen molar-refractivity contribution in [2.75, 3.05) is 39.3 Å². The van der Waals surface area contributed by atoms with E-state index in [1.165, 1.54) is 0 Å². The second-order valence-corrected chi connectivity index (χ2v) is 7.53. The van der Waals surface area contributed by atoms with Crippen LogP contribution in [-0.4, -0.2) is 51.4 Å². The first-order valence-corrected chi connectivity index (χ1v) is 10.2. The number of anilines is 1. The molecule has 2 heterocycles. The minimum Gasteiger partial charge on any atom is -0.496 e. The van der Waals surface area contributed by atoms with Gasteiger partial charge in [0, 0.05) is 54.8 Å². The van der Waals surface area contributed by atoms with Crippen molar-refractivity contribution in [2.45, 2.75) is 31.7 Å². The smallest absolute Gasteiger partial charge is 0.220 e. The van der Waals surface area contributed by atoms with Crippen molar-refractivity contribution >= 4 is 22.4 Å². The Labute approximate surface area is 169 Å². The lowest BCUT2D eigenvalue weighted by molar-refractivity contribution is -0.121. The van der Waals surface area contributed by atoms with Gasteiger partial charge in [-0.2, -0.15) is 0 Å². The lowest BCUT2D eigenvalue weighted by Crippen LogP contribution is -2.44. The molecule has 0 radical (unpaired) electrons. The van der Waals surface area contributed by atoms with Crippen molar-refractivity contribution in [3.63, 3.8) is 0 Å². The molecule has 152 valence electrons. The number of hydrogen-bond donors (Lipinski definition) is 1. The number of nitrogens with one attached hydrogen (secondary N) is 1. The highest BCUT2D eigenvalue weighted by Crippen LogP contribution is 2.34. The van der Waals surface area contributed by atoms with Gasteiger partial charge in [-0.15, -0.1) is 11.3 Å². The molecule has 1 aromatic heterocycles. The minimum absolute atomic E-state index is 0.0487. The van der Waals surface area contributed by atoms with Crippen LogP contribution in [0.15, 0.2) is 23.7 Å². The molecule has 0 aliphatic carbocycles. The van der Waals surface area contributed by atoms with E-state index < -0.39 is 0 Å². The molecule has 1 saturated heterocycles. The van der Waals surface area contributed by atoms with Gasteiger partial charge < -0.3 is 24.4 Å². The Morgan fingerprint density at radius 1 is 1.18 bits per heavy atom. The number of carbonyl (C=O) groups excluding carboxylic acids is 1. The van der Waals surface area contributed by atoms with Gasteiger partial charge in [0.05, 0.1) is 21.3 Å². The third-order valence-corrected chi connectivity index (χ3v) is 5.80. The molecule has 0 bridgehead atoms. The Bertz CT molecular complexity index is 749. The topological polar surface area (TPSA) is 72.9 Å². The van der Waals surface area contributed by atoms with E-state index in [1.807, 2.05) is 23.7 Å². The third kappa shape index (κ3) is 4.86. The fourth-order valence-electron chi connectivity index (χ4n) is 3.45. The van der Waals surface area contributed by atoms with E-state index in [2.05, 4.69) is 15.2 Å². The summed E-state index contributed by atoms with van der Waals surface area (Å²) in [5.74, 6) is 2.04. The van der Waals surface area contributed by atoms with Crippen LogP contribution < -0.4 is 24.4 Å². The molecule has 0 atom stereocenters. The van der Waals surface area contributed by atoms with Crippen LogP contribution in [0.2, 0.25) is 0 Å². The van der Waals surface area contributed by atoms with Gasteiger partial charge in [0.25, 0.3) is 0 Å². The predicted octanol–water partition coefficient (Wildman–Crippen LogP) is 2.89. The number of nitrogens with zero attached hydrogens (tertiary/aromatic N) is 2. The summed E-state index contributed by atoms with van der Waals surface area (Å²) in [6.45, 7) is 1.83. The van der Waals surface area contributed by atoms with Gasteiger partial charge in [0.2, 0.25) is 5.91 Å². The zero-order valence-electron chi connectivity index (χ0n) is 16.6. The molecule has 1 aromatic carbocycles. The van der Waals surface area contributed by atoms with Crippen LogP contribution in [0.1, 0.15) is 24.8 Å². The van der Waals surface area contributed by atoms with Crippen LogP contribution >= 0.6 is 11.3 Å². The molecule has 1 aliphatic heterocycles. The van der Waals surface area contributed by atoms with Crippen LogP contribution in [0, 0.1) is 0 Å². The third-order valence-electron chi connectivity index (χ3n) is 4.97. The molecule has 0 spiro atoms. The number of carbonyl (C=O) groups is 1. The van der Waals surface area contributed by atoms with Gasteiger partial charge in [0.15, 0.2) is 5.13 Å². The molecular formula is C20H27N3O4S. The van der Waals surface area contributed by atoms with Gasteiger partial charge in [0.1, 0.15) is 17.2 Å². The number of hydrogen-bond acceptors (Lipinski definition) is 7. The number of aromatic nitrogens is 1. The largest absolute Gasteiger partial charge is 0.496 e. The summed E-state index contributed by atoms with van der Waals surface area (Å²) in [7, 11) is 4.81. The molecule has 1 N–H and O–H groups in total. The zero-order valence-corrected chi connectivity index (χ0v) is 17.4. The highest BCUT2D eigenvalue weighted by molar-refractivity contribution is 7.13. The number of ether oxygens (including phenoxy) is 3. The first-order valence-electron chi connectivity index (χ1n) is 9.37. The predicted molar refractivity (Wildman–Crippen MR) is 110 cm³/mol. The van der Waals surface area contributed by atoms with Crippen molar-refractivity contribution in [3.05, 3.63) is 29.3 Å². The van der Waals surface area contributed by atoms with Crippen molar-refractivity contribution < 1.29 is 19.0 Å². The van der Waals surface area contributed by atoms with Crippen molar-refractivity contribution in [3.8, 4) is 17.2 Å². The summed E-state index contributed by atoms with van der Waals surface area (Å²) >= 11 is 1.65. The van der Waals surface area contributed by atoms with Crippen LogP contribution in [0.3, 0.4) is 0 Å². The Morgan fingerprint density at radius 2 is 1.86 bits per heavy atom. The van der Waals surface area contributed by atoms with Gasteiger partial charge in [-0.25, -0.2) is 4.98 Å². The normalized spacial score (nSPS) is 14.6. The Balaban J connectivity index is 1.52. The summed E-state index contributed by atoms with van der Waals surface area (Å²) in [5.41, 5.74) is 0.875. The van der Waals surface area contributed by atoms with Crippen LogP contribution in [0.25, 0.3) is 0 Å². The average molecular weight is 406 g/mol. The Kier molecular flexibility index (Phi) is 6.97. The van der Waals surface area contributed by atoms with Crippen LogP contribution in [0.4, 0.5) is 5.13 Å². The summed E-state index contributed by atoms with van der Waals surface area (Å²) in [4.78, 5) is 19.1. The van der Waals surface area contributed by atoms with Crippen molar-refractivity contribution in [2.24, 2.45) is 0 Å². The monoisotopic (exact) mass is 405 g/mol. The lowest BCUT2D eigenvalue weighted by atomic mass is 10.0. The maximum atomic E-state index is 12.5. The minimum atomic E-state index is 0.0487. The molecule has 1 amide bonds. The standard InChI is InChI=1S/C20H27N3O4S/c1-25-15-12-17(26-2)16(18(13-15)27-3)4-5-19(24)22-14-6-9-23(10-7-14)20-21-8-11-28-20/h8,11-14H,4-7,9-10H2,1-3H3,(H,22,24). The molecule has 7 nitrogen and oxygen atoms in total.